The van der Waals surface area contributed by atoms with Crippen molar-refractivity contribution in [3.05, 3.63) is 168 Å². The number of nitrogens with zero attached hydrogens (tertiary/aromatic N) is 1. The van der Waals surface area contributed by atoms with E-state index in [2.05, 4.69) is 36.5 Å². The van der Waals surface area contributed by atoms with Gasteiger partial charge in [-0.3, -0.25) is 4.79 Å². The number of carbonyl (C=O) groups excluding carboxylic acids is 1. The maximum Gasteiger partial charge on any atom is 0.256 e. The number of nitrogens with two attached hydrogens (primary N) is 1. The highest BCUT2D eigenvalue weighted by Gasteiger charge is 2.36. The molecule has 0 spiro atoms. The smallest absolute Gasteiger partial charge is 0.256 e. The number of hydrogen-bond acceptors (Lipinski definition) is 4. The van der Waals surface area contributed by atoms with E-state index in [1.54, 1.807) is 0 Å². The van der Waals surface area contributed by atoms with Crippen molar-refractivity contribution in [2.45, 2.75) is 37.8 Å². The molecule has 0 saturated carbocycles. The summed E-state index contributed by atoms with van der Waals surface area (Å²) in [6.07, 6.45) is 1.82. The number of hydrogen-bond donors (Lipinski definition) is 2. The van der Waals surface area contributed by atoms with Gasteiger partial charge in [-0.1, -0.05) is 146 Å². The lowest BCUT2D eigenvalue weighted by atomic mass is 9.87. The molecule has 1 heterocycles. The van der Waals surface area contributed by atoms with Crippen LogP contribution in [0, 0.1) is 0 Å². The third-order valence-electron chi connectivity index (χ3n) is 8.47. The summed E-state index contributed by atoms with van der Waals surface area (Å²) in [4.78, 5) is 19.8. The topological polar surface area (TPSA) is 77.2 Å². The largest absolute Gasteiger partial charge is 0.482 e. The SMILES string of the molecule is CCC(NC(=O)c1c(OC(CN)(Cc2ccccc2)Cc2ccccc2)c(-c2ccccc2)nc2ccccc12)c1ccccc1. The van der Waals surface area contributed by atoms with Gasteiger partial charge in [-0.25, -0.2) is 4.98 Å². The first-order chi connectivity index (χ1) is 22.6. The van der Waals surface area contributed by atoms with Gasteiger partial charge in [0.2, 0.25) is 0 Å². The molecule has 1 unspecified atom stereocenters. The molecular weight excluding hydrogens is 566 g/mol. The van der Waals surface area contributed by atoms with Gasteiger partial charge in [-0.05, 0) is 29.2 Å². The number of para-hydroxylation sites is 1. The summed E-state index contributed by atoms with van der Waals surface area (Å²) < 4.78 is 7.28. The van der Waals surface area contributed by atoms with Crippen molar-refractivity contribution in [1.82, 2.24) is 10.3 Å². The second-order valence-electron chi connectivity index (χ2n) is 11.7. The lowest BCUT2D eigenvalue weighted by molar-refractivity contribution is 0.0747. The summed E-state index contributed by atoms with van der Waals surface area (Å²) in [5, 5.41) is 4.06. The minimum absolute atomic E-state index is 0.179. The Hall–Kier alpha value is -5.26. The summed E-state index contributed by atoms with van der Waals surface area (Å²) in [6, 6.07) is 48.1. The van der Waals surface area contributed by atoms with Gasteiger partial charge in [0.25, 0.3) is 5.91 Å². The second kappa shape index (κ2) is 14.2. The zero-order valence-electron chi connectivity index (χ0n) is 26.1. The normalized spacial score (nSPS) is 12.0. The number of aromatic nitrogens is 1. The number of nitrogens with one attached hydrogen (secondary N) is 1. The third kappa shape index (κ3) is 6.85. The molecule has 46 heavy (non-hydrogen) atoms. The van der Waals surface area contributed by atoms with Crippen LogP contribution in [-0.2, 0) is 12.8 Å². The molecule has 1 atom stereocenters. The molecule has 0 aliphatic heterocycles. The molecule has 6 rings (SSSR count). The minimum Gasteiger partial charge on any atom is -0.482 e. The molecule has 1 aromatic heterocycles. The number of carbonyl (C=O) groups is 1. The zero-order chi connectivity index (χ0) is 31.8. The fourth-order valence-electron chi connectivity index (χ4n) is 6.12. The molecule has 0 bridgehead atoms. The van der Waals surface area contributed by atoms with Crippen molar-refractivity contribution in [3.63, 3.8) is 0 Å². The Morgan fingerprint density at radius 3 is 1.83 bits per heavy atom. The van der Waals surface area contributed by atoms with Crippen LogP contribution in [0.25, 0.3) is 22.2 Å². The van der Waals surface area contributed by atoms with Crippen LogP contribution in [0.4, 0.5) is 0 Å². The fourth-order valence-corrected chi connectivity index (χ4v) is 6.12. The first-order valence-corrected chi connectivity index (χ1v) is 15.9. The Kier molecular flexibility index (Phi) is 9.51. The van der Waals surface area contributed by atoms with Gasteiger partial charge < -0.3 is 15.8 Å². The molecule has 0 saturated heterocycles. The van der Waals surface area contributed by atoms with Crippen molar-refractivity contribution in [2.24, 2.45) is 5.73 Å². The van der Waals surface area contributed by atoms with Gasteiger partial charge in [0.1, 0.15) is 11.3 Å². The number of benzene rings is 5. The molecule has 5 aromatic carbocycles. The predicted molar refractivity (Wildman–Crippen MR) is 187 cm³/mol. The Balaban J connectivity index is 1.56. The van der Waals surface area contributed by atoms with Gasteiger partial charge in [-0.2, -0.15) is 0 Å². The third-order valence-corrected chi connectivity index (χ3v) is 8.47. The van der Waals surface area contributed by atoms with E-state index in [0.717, 1.165) is 39.6 Å². The maximum absolute atomic E-state index is 14.6. The van der Waals surface area contributed by atoms with E-state index in [4.69, 9.17) is 15.5 Å². The molecule has 0 aliphatic carbocycles. The Bertz CT molecular complexity index is 1840. The summed E-state index contributed by atoms with van der Waals surface area (Å²) in [5.41, 5.74) is 11.7. The van der Waals surface area contributed by atoms with Crippen LogP contribution in [0.2, 0.25) is 0 Å². The molecule has 230 valence electrons. The highest BCUT2D eigenvalue weighted by Crippen LogP contribution is 2.40. The number of fused-ring (bicyclic) bond motifs is 1. The Morgan fingerprint density at radius 1 is 0.739 bits per heavy atom. The quantitative estimate of drug-likeness (QED) is 0.147. The van der Waals surface area contributed by atoms with Gasteiger partial charge in [0.15, 0.2) is 5.75 Å². The van der Waals surface area contributed by atoms with E-state index in [-0.39, 0.29) is 18.5 Å². The molecule has 6 aromatic rings. The fraction of sp³-hybridized carbons (Fsp3) is 0.171. The van der Waals surface area contributed by atoms with Crippen LogP contribution >= 0.6 is 0 Å². The van der Waals surface area contributed by atoms with E-state index in [1.807, 2.05) is 121 Å². The monoisotopic (exact) mass is 605 g/mol. The summed E-state index contributed by atoms with van der Waals surface area (Å²) in [5.74, 6) is 0.217. The average Bonchev–Trinajstić information content (AvgIpc) is 3.11. The molecule has 5 nitrogen and oxygen atoms in total. The van der Waals surface area contributed by atoms with Crippen LogP contribution in [0.1, 0.15) is 46.4 Å². The minimum atomic E-state index is -0.880. The Labute approximate surface area is 271 Å². The first kappa shape index (κ1) is 30.8. The lowest BCUT2D eigenvalue weighted by Crippen LogP contribution is -2.48. The highest BCUT2D eigenvalue weighted by atomic mass is 16.5. The van der Waals surface area contributed by atoms with Crippen LogP contribution in [-0.4, -0.2) is 23.0 Å². The van der Waals surface area contributed by atoms with Crippen molar-refractivity contribution in [1.29, 1.82) is 0 Å². The summed E-state index contributed by atoms with van der Waals surface area (Å²) in [6.45, 7) is 2.30. The van der Waals surface area contributed by atoms with Crippen LogP contribution in [0.15, 0.2) is 146 Å². The van der Waals surface area contributed by atoms with Crippen LogP contribution < -0.4 is 15.8 Å². The predicted octanol–water partition coefficient (Wildman–Crippen LogP) is 8.34. The Morgan fingerprint density at radius 2 is 1.26 bits per heavy atom. The molecule has 5 heteroatoms. The average molecular weight is 606 g/mol. The first-order valence-electron chi connectivity index (χ1n) is 15.9. The zero-order valence-corrected chi connectivity index (χ0v) is 26.1. The molecular formula is C41H39N3O2. The number of amides is 1. The molecule has 0 radical (unpaired) electrons. The number of ether oxygens (including phenoxy) is 1. The van der Waals surface area contributed by atoms with Crippen LogP contribution in [0.5, 0.6) is 5.75 Å². The highest BCUT2D eigenvalue weighted by molar-refractivity contribution is 6.10. The van der Waals surface area contributed by atoms with Gasteiger partial charge >= 0.3 is 0 Å². The number of pyridine rings is 1. The second-order valence-corrected chi connectivity index (χ2v) is 11.7. The van der Waals surface area contributed by atoms with Crippen molar-refractivity contribution < 1.29 is 9.53 Å². The maximum atomic E-state index is 14.6. The van der Waals surface area contributed by atoms with Gasteiger partial charge in [0.05, 0.1) is 17.1 Å². The van der Waals surface area contributed by atoms with E-state index < -0.39 is 5.60 Å². The van der Waals surface area contributed by atoms with E-state index >= 15 is 0 Å². The van der Waals surface area contributed by atoms with Gasteiger partial charge in [-0.15, -0.1) is 0 Å². The molecule has 3 N–H and O–H groups in total. The van der Waals surface area contributed by atoms with E-state index in [9.17, 15) is 4.79 Å². The van der Waals surface area contributed by atoms with Crippen molar-refractivity contribution in [3.8, 4) is 17.0 Å². The van der Waals surface area contributed by atoms with Crippen molar-refractivity contribution in [2.75, 3.05) is 6.54 Å². The van der Waals surface area contributed by atoms with Crippen LogP contribution in [0.3, 0.4) is 0 Å². The molecule has 0 aliphatic rings. The summed E-state index contributed by atoms with van der Waals surface area (Å²) in [7, 11) is 0. The van der Waals surface area contributed by atoms with E-state index in [0.29, 0.717) is 29.8 Å². The lowest BCUT2D eigenvalue weighted by Gasteiger charge is -2.35. The van der Waals surface area contributed by atoms with Crippen molar-refractivity contribution >= 4 is 16.8 Å². The molecule has 1 amide bonds. The molecule has 0 fully saturated rings. The van der Waals surface area contributed by atoms with E-state index in [1.165, 1.54) is 0 Å². The number of rotatable bonds is 12. The standard InChI is InChI=1S/C41H39N3O2/c1-2-35(32-21-11-5-12-22-32)44-40(45)37-34-25-15-16-26-36(34)43-38(33-23-13-6-14-24-33)39(37)46-41(29-42,27-30-17-7-3-8-18-30)28-31-19-9-4-10-20-31/h3-26,35H,2,27-29,42H2,1H3,(H,44,45). The van der Waals surface area contributed by atoms with Gasteiger partial charge in [0, 0.05) is 30.3 Å². The summed E-state index contributed by atoms with van der Waals surface area (Å²) >= 11 is 0.